The topological polar surface area (TPSA) is 146 Å². The van der Waals surface area contributed by atoms with E-state index in [1.165, 1.54) is 23.9 Å². The zero-order valence-corrected chi connectivity index (χ0v) is 21.1. The molecule has 0 aliphatic heterocycles. The average Bonchev–Trinajstić information content (AvgIpc) is 3.55. The molecule has 2 amide bonds. The molecule has 2 heterocycles. The minimum atomic E-state index is -3.46. The van der Waals surface area contributed by atoms with Crippen LogP contribution < -0.4 is 15.4 Å². The van der Waals surface area contributed by atoms with Crippen LogP contribution in [0.5, 0.6) is 0 Å². The lowest BCUT2D eigenvalue weighted by Gasteiger charge is -2.14. The molecule has 14 heteroatoms. The van der Waals surface area contributed by atoms with Crippen LogP contribution in [0.3, 0.4) is 0 Å². The molecule has 0 atom stereocenters. The number of carbonyl (C=O) groups excluding carboxylic acids is 2. The molecular formula is C21H23FN6O4S3. The molecule has 0 radical (unpaired) electrons. The lowest BCUT2D eigenvalue weighted by molar-refractivity contribution is 0.0923. The van der Waals surface area contributed by atoms with Crippen LogP contribution in [0, 0.1) is 11.7 Å². The number of H-pyrrole nitrogens is 1. The molecule has 4 rings (SSSR count). The van der Waals surface area contributed by atoms with Crippen LogP contribution in [0.2, 0.25) is 0 Å². The molecule has 0 saturated heterocycles. The van der Waals surface area contributed by atoms with Crippen molar-refractivity contribution in [3.63, 3.8) is 0 Å². The largest absolute Gasteiger partial charge is 0.339 e. The Morgan fingerprint density at radius 2 is 2.03 bits per heavy atom. The third-order valence-corrected chi connectivity index (χ3v) is 8.08. The molecule has 3 aromatic rings. The van der Waals surface area contributed by atoms with Crippen LogP contribution in [0.25, 0.3) is 0 Å². The van der Waals surface area contributed by atoms with Crippen LogP contribution in [0.15, 0.2) is 40.0 Å². The van der Waals surface area contributed by atoms with Gasteiger partial charge in [-0.2, -0.15) is 0 Å². The van der Waals surface area contributed by atoms with Crippen molar-refractivity contribution in [3.05, 3.63) is 47.7 Å². The van der Waals surface area contributed by atoms with Crippen molar-refractivity contribution in [3.8, 4) is 0 Å². The van der Waals surface area contributed by atoms with Gasteiger partial charge >= 0.3 is 6.03 Å². The number of nitrogens with zero attached hydrogens (tertiary/aromatic N) is 2. The number of imidazole rings is 1. The molecule has 10 nitrogen and oxygen atoms in total. The van der Waals surface area contributed by atoms with E-state index in [4.69, 9.17) is 0 Å². The van der Waals surface area contributed by atoms with Gasteiger partial charge in [0.15, 0.2) is 16.1 Å². The number of amides is 2. The Balaban J connectivity index is 1.50. The number of ketones is 1. The summed E-state index contributed by atoms with van der Waals surface area (Å²) < 4.78 is 40.0. The predicted octanol–water partition coefficient (Wildman–Crippen LogP) is 4.22. The number of benzene rings is 1. The molecule has 186 valence electrons. The number of Topliss-reactive ketones (excluding diaryl/α,β-unsaturated/α-hetero) is 1. The molecular weight excluding hydrogens is 515 g/mol. The van der Waals surface area contributed by atoms with Gasteiger partial charge in [-0.15, -0.1) is 0 Å². The van der Waals surface area contributed by atoms with Crippen molar-refractivity contribution in [1.82, 2.24) is 19.7 Å². The molecule has 1 saturated carbocycles. The highest BCUT2D eigenvalue weighted by Crippen LogP contribution is 2.36. The third-order valence-electron chi connectivity index (χ3n) is 5.27. The number of halogens is 1. The Bertz CT molecular complexity index is 1320. The highest BCUT2D eigenvalue weighted by atomic mass is 32.2. The molecule has 1 aromatic carbocycles. The number of thiazole rings is 1. The van der Waals surface area contributed by atoms with E-state index in [9.17, 15) is 22.4 Å². The standard InChI is InChI=1S/C21H23FN6O4S3/c1-35(31,32)25-11-16-18(33-20-23-8-9-24-20)34-21(27-16)28-19(30)26-15-7-6-13(22)10-14(15)17(29)12-4-2-3-5-12/h6-10,12,25H,2-5,11H2,1H3,(H,23,24)(H2,26,27,28,30). The van der Waals surface area contributed by atoms with E-state index in [0.29, 0.717) is 15.1 Å². The molecule has 1 aliphatic rings. The second kappa shape index (κ2) is 10.8. The first kappa shape index (κ1) is 25.3. The summed E-state index contributed by atoms with van der Waals surface area (Å²) in [5.74, 6) is -0.914. The molecule has 0 spiro atoms. The summed E-state index contributed by atoms with van der Waals surface area (Å²) in [5.41, 5.74) is 0.760. The second-order valence-corrected chi connectivity index (χ2v) is 12.0. The molecule has 1 aliphatic carbocycles. The van der Waals surface area contributed by atoms with E-state index in [2.05, 4.69) is 30.3 Å². The van der Waals surface area contributed by atoms with Crippen LogP contribution in [-0.2, 0) is 16.6 Å². The van der Waals surface area contributed by atoms with E-state index in [1.54, 1.807) is 12.4 Å². The van der Waals surface area contributed by atoms with E-state index >= 15 is 0 Å². The van der Waals surface area contributed by atoms with Crippen molar-refractivity contribution < 1.29 is 22.4 Å². The molecule has 2 aromatic heterocycles. The number of nitrogens with one attached hydrogen (secondary N) is 4. The Kier molecular flexibility index (Phi) is 7.84. The quantitative estimate of drug-likeness (QED) is 0.298. The van der Waals surface area contributed by atoms with Gasteiger partial charge in [0.25, 0.3) is 0 Å². The SMILES string of the molecule is CS(=O)(=O)NCc1nc(NC(=O)Nc2ccc(F)cc2C(=O)C2CCCC2)sc1Sc1ncc[nH]1. The molecule has 1 fully saturated rings. The van der Waals surface area contributed by atoms with Crippen molar-refractivity contribution in [2.45, 2.75) is 41.6 Å². The summed E-state index contributed by atoms with van der Waals surface area (Å²) in [6, 6.07) is 3.02. The fourth-order valence-electron chi connectivity index (χ4n) is 3.66. The van der Waals surface area contributed by atoms with Crippen molar-refractivity contribution >= 4 is 55.8 Å². The summed E-state index contributed by atoms with van der Waals surface area (Å²) in [6.07, 6.45) is 7.68. The van der Waals surface area contributed by atoms with Crippen LogP contribution in [-0.4, -0.2) is 41.4 Å². The van der Waals surface area contributed by atoms with E-state index in [1.807, 2.05) is 0 Å². The Labute approximate surface area is 209 Å². The van der Waals surface area contributed by atoms with Gasteiger partial charge in [0, 0.05) is 23.9 Å². The number of sulfonamides is 1. The summed E-state index contributed by atoms with van der Waals surface area (Å²) >= 11 is 2.38. The van der Waals surface area contributed by atoms with Crippen molar-refractivity contribution in [2.24, 2.45) is 5.92 Å². The highest BCUT2D eigenvalue weighted by molar-refractivity contribution is 8.01. The van der Waals surface area contributed by atoms with Crippen LogP contribution in [0.1, 0.15) is 41.7 Å². The van der Waals surface area contributed by atoms with E-state index in [0.717, 1.165) is 49.3 Å². The summed E-state index contributed by atoms with van der Waals surface area (Å²) in [5, 5.41) is 6.01. The lowest BCUT2D eigenvalue weighted by Crippen LogP contribution is -2.23. The Morgan fingerprint density at radius 1 is 1.26 bits per heavy atom. The smallest absolute Gasteiger partial charge is 0.325 e. The number of carbonyl (C=O) groups is 2. The molecule has 0 unspecified atom stereocenters. The highest BCUT2D eigenvalue weighted by Gasteiger charge is 2.26. The molecule has 35 heavy (non-hydrogen) atoms. The molecule has 4 N–H and O–H groups in total. The lowest BCUT2D eigenvalue weighted by atomic mass is 9.95. The average molecular weight is 539 g/mol. The maximum atomic E-state index is 13.9. The van der Waals surface area contributed by atoms with Gasteiger partial charge in [-0.25, -0.2) is 32.3 Å². The number of hydrogen-bond donors (Lipinski definition) is 4. The van der Waals surface area contributed by atoms with Gasteiger partial charge in [0.2, 0.25) is 10.0 Å². The van der Waals surface area contributed by atoms with Crippen LogP contribution >= 0.6 is 23.1 Å². The van der Waals surface area contributed by atoms with Gasteiger partial charge in [0.1, 0.15) is 5.82 Å². The number of rotatable bonds is 9. The fraction of sp³-hybridized carbons (Fsp3) is 0.333. The van der Waals surface area contributed by atoms with Crippen LogP contribution in [0.4, 0.5) is 20.0 Å². The van der Waals surface area contributed by atoms with Gasteiger partial charge < -0.3 is 10.3 Å². The summed E-state index contributed by atoms with van der Waals surface area (Å²) in [6.45, 7) is -0.0698. The van der Waals surface area contributed by atoms with E-state index in [-0.39, 0.29) is 34.6 Å². The monoisotopic (exact) mass is 538 g/mol. The minimum absolute atomic E-state index is 0.0698. The number of aromatic nitrogens is 3. The van der Waals surface area contributed by atoms with Gasteiger partial charge in [0.05, 0.1) is 28.4 Å². The van der Waals surface area contributed by atoms with Gasteiger partial charge in [-0.05, 0) is 42.8 Å². The first-order chi connectivity index (χ1) is 16.7. The summed E-state index contributed by atoms with van der Waals surface area (Å²) in [7, 11) is -3.46. The van der Waals surface area contributed by atoms with Gasteiger partial charge in [-0.3, -0.25) is 10.1 Å². The first-order valence-corrected chi connectivity index (χ1v) is 14.2. The zero-order chi connectivity index (χ0) is 25.0. The fourth-order valence-corrected chi connectivity index (χ4v) is 6.07. The third kappa shape index (κ3) is 6.87. The second-order valence-electron chi connectivity index (χ2n) is 7.96. The Hall–Kier alpha value is -2.81. The zero-order valence-electron chi connectivity index (χ0n) is 18.6. The number of anilines is 2. The van der Waals surface area contributed by atoms with Crippen molar-refractivity contribution in [1.29, 1.82) is 0 Å². The summed E-state index contributed by atoms with van der Waals surface area (Å²) in [4.78, 5) is 37.0. The normalized spacial score (nSPS) is 14.2. The van der Waals surface area contributed by atoms with Gasteiger partial charge in [-0.1, -0.05) is 24.2 Å². The first-order valence-electron chi connectivity index (χ1n) is 10.7. The maximum Gasteiger partial charge on any atom is 0.325 e. The minimum Gasteiger partial charge on any atom is -0.339 e. The molecule has 0 bridgehead atoms. The van der Waals surface area contributed by atoms with E-state index < -0.39 is 21.9 Å². The Morgan fingerprint density at radius 3 is 2.71 bits per heavy atom. The van der Waals surface area contributed by atoms with Crippen molar-refractivity contribution in [2.75, 3.05) is 16.9 Å². The number of aromatic amines is 1. The maximum absolute atomic E-state index is 13.9. The predicted molar refractivity (Wildman–Crippen MR) is 132 cm³/mol. The number of hydrogen-bond acceptors (Lipinski definition) is 8. The number of urea groups is 1.